The average molecular weight is 345 g/mol. The molecule has 2 aromatic rings. The number of benzene rings is 1. The molecule has 0 aliphatic heterocycles. The molecule has 1 aliphatic rings. The summed E-state index contributed by atoms with van der Waals surface area (Å²) < 4.78 is 14.8. The number of halogens is 1. The van der Waals surface area contributed by atoms with E-state index < -0.39 is 17.9 Å². The lowest BCUT2D eigenvalue weighted by atomic mass is 10.1. The first-order valence-electron chi connectivity index (χ1n) is 8.41. The number of aliphatic carboxylic acids is 1. The topological polar surface area (TPSA) is 84.2 Å². The monoisotopic (exact) mass is 345 g/mol. The van der Waals surface area contributed by atoms with Gasteiger partial charge in [-0.15, -0.1) is 0 Å². The van der Waals surface area contributed by atoms with Crippen LogP contribution in [-0.4, -0.2) is 32.8 Å². The maximum atomic E-state index is 13.2. The van der Waals surface area contributed by atoms with E-state index in [1.807, 2.05) is 6.92 Å². The van der Waals surface area contributed by atoms with Crippen molar-refractivity contribution >= 4 is 11.9 Å². The van der Waals surface area contributed by atoms with Crippen molar-refractivity contribution in [2.75, 3.05) is 0 Å². The van der Waals surface area contributed by atoms with Crippen molar-refractivity contribution in [1.82, 2.24) is 15.1 Å². The highest BCUT2D eigenvalue weighted by molar-refractivity contribution is 5.96. The van der Waals surface area contributed by atoms with Gasteiger partial charge in [0.05, 0.1) is 5.69 Å². The van der Waals surface area contributed by atoms with Gasteiger partial charge in [-0.05, 0) is 49.9 Å². The molecule has 7 heteroatoms. The lowest BCUT2D eigenvalue weighted by Gasteiger charge is -2.12. The molecule has 1 amide bonds. The SMILES string of the molecule is CCCC(NC(=O)c1nn(-c2ccc(F)cc2)c2c1CCC2)C(=O)O. The Hall–Kier alpha value is -2.70. The van der Waals surface area contributed by atoms with Crippen molar-refractivity contribution in [3.63, 3.8) is 0 Å². The molecule has 1 aromatic carbocycles. The number of carboxylic acid groups (broad SMARTS) is 1. The van der Waals surface area contributed by atoms with Gasteiger partial charge in [0.1, 0.15) is 11.9 Å². The van der Waals surface area contributed by atoms with Crippen LogP contribution in [0, 0.1) is 5.82 Å². The van der Waals surface area contributed by atoms with E-state index in [1.165, 1.54) is 12.1 Å². The van der Waals surface area contributed by atoms with Crippen LogP contribution in [0.3, 0.4) is 0 Å². The van der Waals surface area contributed by atoms with Gasteiger partial charge in [-0.2, -0.15) is 5.10 Å². The van der Waals surface area contributed by atoms with E-state index >= 15 is 0 Å². The van der Waals surface area contributed by atoms with E-state index in [0.29, 0.717) is 18.5 Å². The summed E-state index contributed by atoms with van der Waals surface area (Å²) in [5.41, 5.74) is 2.72. The Labute approximate surface area is 144 Å². The summed E-state index contributed by atoms with van der Waals surface area (Å²) in [6.07, 6.45) is 3.43. The fourth-order valence-corrected chi connectivity index (χ4v) is 3.19. The van der Waals surface area contributed by atoms with Gasteiger partial charge in [0.2, 0.25) is 0 Å². The van der Waals surface area contributed by atoms with Crippen molar-refractivity contribution in [2.24, 2.45) is 0 Å². The molecule has 0 saturated heterocycles. The first-order chi connectivity index (χ1) is 12.0. The van der Waals surface area contributed by atoms with Crippen molar-refractivity contribution in [3.8, 4) is 5.69 Å². The first kappa shape index (κ1) is 17.1. The largest absolute Gasteiger partial charge is 0.480 e. The second-order valence-corrected chi connectivity index (χ2v) is 6.17. The van der Waals surface area contributed by atoms with Crippen LogP contribution in [0.2, 0.25) is 0 Å². The number of hydrogen-bond acceptors (Lipinski definition) is 3. The molecule has 1 unspecified atom stereocenters. The maximum absolute atomic E-state index is 13.2. The van der Waals surface area contributed by atoms with Crippen LogP contribution in [-0.2, 0) is 17.6 Å². The van der Waals surface area contributed by atoms with Gasteiger partial charge in [-0.3, -0.25) is 4.79 Å². The summed E-state index contributed by atoms with van der Waals surface area (Å²) >= 11 is 0. The number of carboxylic acids is 1. The van der Waals surface area contributed by atoms with Gasteiger partial charge in [0.25, 0.3) is 5.91 Å². The normalized spacial score (nSPS) is 14.2. The summed E-state index contributed by atoms with van der Waals surface area (Å²) in [7, 11) is 0. The fourth-order valence-electron chi connectivity index (χ4n) is 3.19. The lowest BCUT2D eigenvalue weighted by molar-refractivity contribution is -0.139. The number of carbonyl (C=O) groups excluding carboxylic acids is 1. The second-order valence-electron chi connectivity index (χ2n) is 6.17. The zero-order valence-electron chi connectivity index (χ0n) is 14.0. The molecular weight excluding hydrogens is 325 g/mol. The number of hydrogen-bond donors (Lipinski definition) is 2. The van der Waals surface area contributed by atoms with Crippen molar-refractivity contribution < 1.29 is 19.1 Å². The molecule has 0 saturated carbocycles. The Bertz CT molecular complexity index is 799. The molecule has 1 aromatic heterocycles. The number of aromatic nitrogens is 2. The minimum absolute atomic E-state index is 0.263. The van der Waals surface area contributed by atoms with Crippen molar-refractivity contribution in [1.29, 1.82) is 0 Å². The summed E-state index contributed by atoms with van der Waals surface area (Å²) in [5.74, 6) is -1.86. The number of amides is 1. The standard InChI is InChI=1S/C18H20FN3O3/c1-2-4-14(18(24)25)20-17(23)16-13-5-3-6-15(13)22(21-16)12-9-7-11(19)8-10-12/h7-10,14H,2-6H2,1H3,(H,20,23)(H,24,25). The molecule has 0 radical (unpaired) electrons. The van der Waals surface area contributed by atoms with Crippen molar-refractivity contribution in [3.05, 3.63) is 47.0 Å². The van der Waals surface area contributed by atoms with Gasteiger partial charge >= 0.3 is 5.97 Å². The summed E-state index contributed by atoms with van der Waals surface area (Å²) in [6, 6.07) is 4.99. The zero-order chi connectivity index (χ0) is 18.0. The summed E-state index contributed by atoms with van der Waals surface area (Å²) in [4.78, 5) is 23.9. The highest BCUT2D eigenvalue weighted by Gasteiger charge is 2.29. The highest BCUT2D eigenvalue weighted by atomic mass is 19.1. The molecular formula is C18H20FN3O3. The smallest absolute Gasteiger partial charge is 0.326 e. The summed E-state index contributed by atoms with van der Waals surface area (Å²) in [6.45, 7) is 1.86. The Morgan fingerprint density at radius 2 is 2.04 bits per heavy atom. The molecule has 2 N–H and O–H groups in total. The molecule has 0 bridgehead atoms. The molecule has 0 spiro atoms. The van der Waals surface area contributed by atoms with Crippen LogP contribution in [0.1, 0.15) is 47.9 Å². The fraction of sp³-hybridized carbons (Fsp3) is 0.389. The second kappa shape index (κ2) is 7.04. The predicted molar refractivity (Wildman–Crippen MR) is 89.3 cm³/mol. The van der Waals surface area contributed by atoms with Gasteiger partial charge in [0.15, 0.2) is 5.69 Å². The van der Waals surface area contributed by atoms with Crippen LogP contribution in [0.15, 0.2) is 24.3 Å². The lowest BCUT2D eigenvalue weighted by Crippen LogP contribution is -2.41. The van der Waals surface area contributed by atoms with E-state index in [4.69, 9.17) is 0 Å². The number of nitrogens with one attached hydrogen (secondary N) is 1. The van der Waals surface area contributed by atoms with Gasteiger partial charge in [-0.1, -0.05) is 13.3 Å². The third-order valence-corrected chi connectivity index (χ3v) is 4.40. The molecule has 0 fully saturated rings. The van der Waals surface area contributed by atoms with Crippen LogP contribution in [0.25, 0.3) is 5.69 Å². The third kappa shape index (κ3) is 3.40. The average Bonchev–Trinajstić information content (AvgIpc) is 3.17. The quantitative estimate of drug-likeness (QED) is 0.842. The van der Waals surface area contributed by atoms with Crippen LogP contribution >= 0.6 is 0 Å². The zero-order valence-corrected chi connectivity index (χ0v) is 14.0. The number of rotatable bonds is 6. The Kier molecular flexibility index (Phi) is 4.83. The van der Waals surface area contributed by atoms with E-state index in [-0.39, 0.29) is 11.5 Å². The number of nitrogens with zero attached hydrogens (tertiary/aromatic N) is 2. The van der Waals surface area contributed by atoms with E-state index in [0.717, 1.165) is 30.5 Å². The van der Waals surface area contributed by atoms with Crippen LogP contribution in [0.4, 0.5) is 4.39 Å². The van der Waals surface area contributed by atoms with Gasteiger partial charge in [-0.25, -0.2) is 13.9 Å². The first-order valence-corrected chi connectivity index (χ1v) is 8.41. The molecule has 132 valence electrons. The predicted octanol–water partition coefficient (Wildman–Crippen LogP) is 2.48. The molecule has 1 atom stereocenters. The molecule has 3 rings (SSSR count). The maximum Gasteiger partial charge on any atom is 0.326 e. The number of fused-ring (bicyclic) bond motifs is 1. The van der Waals surface area contributed by atoms with E-state index in [2.05, 4.69) is 10.4 Å². The van der Waals surface area contributed by atoms with Crippen molar-refractivity contribution in [2.45, 2.75) is 45.1 Å². The minimum atomic E-state index is -1.05. The van der Waals surface area contributed by atoms with Crippen LogP contribution in [0.5, 0.6) is 0 Å². The van der Waals surface area contributed by atoms with Gasteiger partial charge in [0, 0.05) is 11.3 Å². The summed E-state index contributed by atoms with van der Waals surface area (Å²) in [5, 5.41) is 16.2. The highest BCUT2D eigenvalue weighted by Crippen LogP contribution is 2.28. The van der Waals surface area contributed by atoms with E-state index in [1.54, 1.807) is 16.8 Å². The Balaban J connectivity index is 1.92. The molecule has 1 heterocycles. The third-order valence-electron chi connectivity index (χ3n) is 4.40. The van der Waals surface area contributed by atoms with Gasteiger partial charge < -0.3 is 10.4 Å². The molecule has 1 aliphatic carbocycles. The Morgan fingerprint density at radius 1 is 1.32 bits per heavy atom. The van der Waals surface area contributed by atoms with Crippen LogP contribution < -0.4 is 5.32 Å². The minimum Gasteiger partial charge on any atom is -0.480 e. The Morgan fingerprint density at radius 3 is 2.68 bits per heavy atom. The molecule has 25 heavy (non-hydrogen) atoms. The van der Waals surface area contributed by atoms with E-state index in [9.17, 15) is 19.1 Å². The molecule has 6 nitrogen and oxygen atoms in total. The number of carbonyl (C=O) groups is 2.